The van der Waals surface area contributed by atoms with Gasteiger partial charge in [-0.05, 0) is 49.2 Å². The van der Waals surface area contributed by atoms with Crippen LogP contribution in [-0.2, 0) is 6.54 Å². The maximum absolute atomic E-state index is 6.17. The molecule has 0 aliphatic heterocycles. The van der Waals surface area contributed by atoms with Gasteiger partial charge in [-0.15, -0.1) is 0 Å². The first-order valence-corrected chi connectivity index (χ1v) is 8.47. The third-order valence-electron chi connectivity index (χ3n) is 3.11. The van der Waals surface area contributed by atoms with E-state index < -0.39 is 0 Å². The summed E-state index contributed by atoms with van der Waals surface area (Å²) in [4.78, 5) is 2.48. The van der Waals surface area contributed by atoms with Gasteiger partial charge in [0.05, 0.1) is 0 Å². The second-order valence-electron chi connectivity index (χ2n) is 5.70. The smallest absolute Gasteiger partial charge is 0.0417 e. The lowest BCUT2D eigenvalue weighted by atomic mass is 10.2. The molecule has 0 aromatic heterocycles. The number of rotatable bonds is 6. The predicted molar refractivity (Wildman–Crippen MR) is 93.3 cm³/mol. The van der Waals surface area contributed by atoms with Crippen molar-refractivity contribution in [3.63, 3.8) is 0 Å². The minimum absolute atomic E-state index is 0.658. The zero-order valence-corrected chi connectivity index (χ0v) is 14.4. The zero-order valence-electron chi connectivity index (χ0n) is 12.8. The van der Waals surface area contributed by atoms with E-state index in [-0.39, 0.29) is 0 Å². The highest BCUT2D eigenvalue weighted by Gasteiger charge is 2.06. The summed E-state index contributed by atoms with van der Waals surface area (Å²) in [6.45, 7) is 8.46. The first-order valence-electron chi connectivity index (χ1n) is 7.28. The second kappa shape index (κ2) is 7.88. The van der Waals surface area contributed by atoms with E-state index in [0.717, 1.165) is 18.1 Å². The van der Waals surface area contributed by atoms with E-state index in [2.05, 4.69) is 62.5 Å². The minimum Gasteiger partial charge on any atom is -0.312 e. The van der Waals surface area contributed by atoms with Gasteiger partial charge >= 0.3 is 0 Å². The van der Waals surface area contributed by atoms with Gasteiger partial charge in [0.2, 0.25) is 0 Å². The van der Waals surface area contributed by atoms with Crippen LogP contribution in [0.25, 0.3) is 0 Å². The summed E-state index contributed by atoms with van der Waals surface area (Å²) in [6.07, 6.45) is 0. The average molecular weight is 320 g/mol. The first kappa shape index (κ1) is 16.4. The van der Waals surface area contributed by atoms with E-state index in [1.54, 1.807) is 11.8 Å². The molecule has 0 radical (unpaired) electrons. The Morgan fingerprint density at radius 2 is 1.95 bits per heavy atom. The molecule has 0 amide bonds. The van der Waals surface area contributed by atoms with E-state index in [0.29, 0.717) is 5.92 Å². The molecule has 0 saturated heterocycles. The summed E-state index contributed by atoms with van der Waals surface area (Å²) < 4.78 is 0. The Kier molecular flexibility index (Phi) is 6.16. The molecule has 21 heavy (non-hydrogen) atoms. The van der Waals surface area contributed by atoms with Crippen LogP contribution < -0.4 is 5.32 Å². The van der Waals surface area contributed by atoms with Gasteiger partial charge in [-0.2, -0.15) is 0 Å². The van der Waals surface area contributed by atoms with Gasteiger partial charge in [0.15, 0.2) is 0 Å². The fourth-order valence-electron chi connectivity index (χ4n) is 2.07. The van der Waals surface area contributed by atoms with Gasteiger partial charge in [0.25, 0.3) is 0 Å². The topological polar surface area (TPSA) is 12.0 Å². The number of benzene rings is 2. The number of aryl methyl sites for hydroxylation is 1. The van der Waals surface area contributed by atoms with Crippen molar-refractivity contribution in [1.29, 1.82) is 0 Å². The van der Waals surface area contributed by atoms with Crippen LogP contribution in [-0.4, -0.2) is 6.54 Å². The largest absolute Gasteiger partial charge is 0.312 e. The van der Waals surface area contributed by atoms with Crippen molar-refractivity contribution in [2.24, 2.45) is 5.92 Å². The van der Waals surface area contributed by atoms with Crippen molar-refractivity contribution in [3.8, 4) is 0 Å². The molecule has 0 spiro atoms. The molecule has 2 aromatic rings. The summed E-state index contributed by atoms with van der Waals surface area (Å²) in [7, 11) is 0. The monoisotopic (exact) mass is 319 g/mol. The van der Waals surface area contributed by atoms with Gasteiger partial charge in [0.1, 0.15) is 0 Å². The third-order valence-corrected chi connectivity index (χ3v) is 4.44. The van der Waals surface area contributed by atoms with Gasteiger partial charge in [-0.3, -0.25) is 0 Å². The van der Waals surface area contributed by atoms with Crippen LogP contribution in [0.4, 0.5) is 0 Å². The molecule has 2 aromatic carbocycles. The highest BCUT2D eigenvalue weighted by molar-refractivity contribution is 7.99. The lowest BCUT2D eigenvalue weighted by molar-refractivity contribution is 0.550. The van der Waals surface area contributed by atoms with Gasteiger partial charge < -0.3 is 5.32 Å². The van der Waals surface area contributed by atoms with Crippen LogP contribution in [0.1, 0.15) is 25.0 Å². The Labute approximate surface area is 137 Å². The predicted octanol–water partition coefficient (Wildman–Crippen LogP) is 5.55. The molecule has 1 N–H and O–H groups in total. The van der Waals surface area contributed by atoms with Crippen LogP contribution in [0, 0.1) is 12.8 Å². The summed E-state index contributed by atoms with van der Waals surface area (Å²) >= 11 is 7.94. The Morgan fingerprint density at radius 1 is 1.14 bits per heavy atom. The van der Waals surface area contributed by atoms with E-state index in [9.17, 15) is 0 Å². The lowest BCUT2D eigenvalue weighted by Gasteiger charge is -2.12. The van der Waals surface area contributed by atoms with Gasteiger partial charge in [0, 0.05) is 21.4 Å². The Morgan fingerprint density at radius 3 is 2.67 bits per heavy atom. The van der Waals surface area contributed by atoms with Gasteiger partial charge in [-0.25, -0.2) is 0 Å². The summed E-state index contributed by atoms with van der Waals surface area (Å²) in [5.74, 6) is 0.658. The average Bonchev–Trinajstić information content (AvgIpc) is 2.41. The van der Waals surface area contributed by atoms with Crippen molar-refractivity contribution < 1.29 is 0 Å². The third kappa shape index (κ3) is 5.39. The zero-order chi connectivity index (χ0) is 15.2. The van der Waals surface area contributed by atoms with Crippen molar-refractivity contribution in [2.45, 2.75) is 37.1 Å². The fourth-order valence-corrected chi connectivity index (χ4v) is 3.41. The first-order chi connectivity index (χ1) is 10.0. The SMILES string of the molecule is Cc1cccc(Sc2cc(Cl)ccc2CNCC(C)C)c1. The van der Waals surface area contributed by atoms with Crippen LogP contribution in [0.3, 0.4) is 0 Å². The molecule has 3 heteroatoms. The van der Waals surface area contributed by atoms with Crippen molar-refractivity contribution in [3.05, 3.63) is 58.6 Å². The normalized spacial score (nSPS) is 11.1. The maximum atomic E-state index is 6.17. The molecule has 1 nitrogen and oxygen atoms in total. The maximum Gasteiger partial charge on any atom is 0.0417 e. The summed E-state index contributed by atoms with van der Waals surface area (Å²) in [5.41, 5.74) is 2.58. The molecule has 0 aliphatic rings. The standard InChI is InChI=1S/C18H22ClNS/c1-13(2)11-20-12-15-7-8-16(19)10-18(15)21-17-6-4-5-14(3)9-17/h4-10,13,20H,11-12H2,1-3H3. The minimum atomic E-state index is 0.658. The van der Waals surface area contributed by atoms with Crippen LogP contribution in [0.15, 0.2) is 52.3 Å². The molecular weight excluding hydrogens is 298 g/mol. The Bertz CT molecular complexity index is 596. The van der Waals surface area contributed by atoms with Crippen LogP contribution >= 0.6 is 23.4 Å². The molecule has 0 atom stereocenters. The molecule has 0 bridgehead atoms. The molecule has 112 valence electrons. The van der Waals surface area contributed by atoms with E-state index in [1.807, 2.05) is 6.07 Å². The quantitative estimate of drug-likeness (QED) is 0.749. The van der Waals surface area contributed by atoms with Crippen LogP contribution in [0.2, 0.25) is 5.02 Å². The molecule has 0 aliphatic carbocycles. The molecule has 0 unspecified atom stereocenters. The van der Waals surface area contributed by atoms with E-state index in [1.165, 1.54) is 20.9 Å². The summed E-state index contributed by atoms with van der Waals surface area (Å²) in [5, 5.41) is 4.29. The number of hydrogen-bond donors (Lipinski definition) is 1. The van der Waals surface area contributed by atoms with E-state index >= 15 is 0 Å². The number of nitrogens with one attached hydrogen (secondary N) is 1. The fraction of sp³-hybridized carbons (Fsp3) is 0.333. The van der Waals surface area contributed by atoms with Crippen molar-refractivity contribution in [1.82, 2.24) is 5.32 Å². The Hall–Kier alpha value is -0.960. The van der Waals surface area contributed by atoms with E-state index in [4.69, 9.17) is 11.6 Å². The highest BCUT2D eigenvalue weighted by atomic mass is 35.5. The lowest BCUT2D eigenvalue weighted by Crippen LogP contribution is -2.19. The molecule has 0 saturated carbocycles. The van der Waals surface area contributed by atoms with Crippen LogP contribution in [0.5, 0.6) is 0 Å². The van der Waals surface area contributed by atoms with Gasteiger partial charge in [-0.1, -0.05) is 61.0 Å². The molecule has 2 rings (SSSR count). The van der Waals surface area contributed by atoms with Crippen molar-refractivity contribution >= 4 is 23.4 Å². The second-order valence-corrected chi connectivity index (χ2v) is 7.25. The highest BCUT2D eigenvalue weighted by Crippen LogP contribution is 2.32. The number of hydrogen-bond acceptors (Lipinski definition) is 2. The molecule has 0 fully saturated rings. The Balaban J connectivity index is 2.15. The van der Waals surface area contributed by atoms with Crippen molar-refractivity contribution in [2.75, 3.05) is 6.54 Å². The molecule has 0 heterocycles. The number of halogens is 1. The summed E-state index contributed by atoms with van der Waals surface area (Å²) in [6, 6.07) is 14.7. The molecular formula is C18H22ClNS.